The summed E-state index contributed by atoms with van der Waals surface area (Å²) in [6.45, 7) is 1.53. The van der Waals surface area contributed by atoms with Crippen molar-refractivity contribution in [2.24, 2.45) is 5.92 Å². The SMILES string of the molecule is CS(C)(C)[C@H]1CC[C@H](ON2CCC(C(=O)O)CC2)CC1. The van der Waals surface area contributed by atoms with Crippen LogP contribution >= 0.6 is 10.0 Å². The highest BCUT2D eigenvalue weighted by molar-refractivity contribution is 8.32. The van der Waals surface area contributed by atoms with Crippen molar-refractivity contribution in [1.82, 2.24) is 5.06 Å². The summed E-state index contributed by atoms with van der Waals surface area (Å²) in [6.07, 6.45) is 13.9. The van der Waals surface area contributed by atoms with Crippen molar-refractivity contribution in [3.05, 3.63) is 0 Å². The summed E-state index contributed by atoms with van der Waals surface area (Å²) >= 11 is 0. The Hall–Kier alpha value is -0.260. The van der Waals surface area contributed by atoms with Crippen LogP contribution < -0.4 is 0 Å². The third kappa shape index (κ3) is 4.37. The lowest BCUT2D eigenvalue weighted by atomic mass is 9.97. The first-order valence-corrected chi connectivity index (χ1v) is 10.6. The maximum Gasteiger partial charge on any atom is 0.306 e. The fourth-order valence-electron chi connectivity index (χ4n) is 3.26. The smallest absolute Gasteiger partial charge is 0.306 e. The Morgan fingerprint density at radius 2 is 1.60 bits per heavy atom. The van der Waals surface area contributed by atoms with Crippen LogP contribution in [0.2, 0.25) is 0 Å². The van der Waals surface area contributed by atoms with Crippen LogP contribution in [0.25, 0.3) is 0 Å². The Labute approximate surface area is 124 Å². The molecule has 0 aromatic heterocycles. The van der Waals surface area contributed by atoms with Crippen molar-refractivity contribution in [2.75, 3.05) is 31.9 Å². The summed E-state index contributed by atoms with van der Waals surface area (Å²) in [6, 6.07) is 0. The lowest BCUT2D eigenvalue weighted by Gasteiger charge is -2.42. The zero-order valence-electron chi connectivity index (χ0n) is 13.0. The first-order chi connectivity index (χ1) is 9.36. The molecule has 0 atom stereocenters. The molecule has 1 aliphatic heterocycles. The van der Waals surface area contributed by atoms with Gasteiger partial charge in [-0.1, -0.05) is 0 Å². The lowest BCUT2D eigenvalue weighted by Crippen LogP contribution is -2.40. The quantitative estimate of drug-likeness (QED) is 0.867. The molecule has 2 fully saturated rings. The number of hydrogen-bond acceptors (Lipinski definition) is 3. The van der Waals surface area contributed by atoms with Gasteiger partial charge in [0, 0.05) is 13.1 Å². The Morgan fingerprint density at radius 1 is 1.05 bits per heavy atom. The summed E-state index contributed by atoms with van der Waals surface area (Å²) in [7, 11) is -0.434. The largest absolute Gasteiger partial charge is 0.481 e. The molecular weight excluding hydrogens is 274 g/mol. The van der Waals surface area contributed by atoms with Gasteiger partial charge < -0.3 is 5.11 Å². The summed E-state index contributed by atoms with van der Waals surface area (Å²) in [5.74, 6) is -0.826. The van der Waals surface area contributed by atoms with E-state index >= 15 is 0 Å². The van der Waals surface area contributed by atoms with E-state index in [1.54, 1.807) is 0 Å². The number of piperidine rings is 1. The molecule has 118 valence electrons. The van der Waals surface area contributed by atoms with Crippen LogP contribution in [0.15, 0.2) is 0 Å². The Balaban J connectivity index is 1.70. The van der Waals surface area contributed by atoms with E-state index in [0.717, 1.165) is 44.0 Å². The number of carbonyl (C=O) groups is 1. The van der Waals surface area contributed by atoms with Gasteiger partial charge in [0.2, 0.25) is 0 Å². The van der Waals surface area contributed by atoms with E-state index in [-0.39, 0.29) is 5.92 Å². The molecule has 0 unspecified atom stereocenters. The van der Waals surface area contributed by atoms with Gasteiger partial charge in [-0.2, -0.15) is 5.06 Å². The van der Waals surface area contributed by atoms with Crippen LogP contribution in [-0.4, -0.2) is 59.3 Å². The molecule has 4 nitrogen and oxygen atoms in total. The third-order valence-electron chi connectivity index (χ3n) is 4.72. The third-order valence-corrected chi connectivity index (χ3v) is 7.19. The van der Waals surface area contributed by atoms with Crippen molar-refractivity contribution in [1.29, 1.82) is 0 Å². The van der Waals surface area contributed by atoms with Gasteiger partial charge in [-0.05, 0) is 62.5 Å². The van der Waals surface area contributed by atoms with Crippen LogP contribution in [0.5, 0.6) is 0 Å². The second-order valence-corrected chi connectivity index (χ2v) is 11.5. The van der Waals surface area contributed by atoms with E-state index in [1.807, 2.05) is 5.06 Å². The van der Waals surface area contributed by atoms with E-state index in [2.05, 4.69) is 18.8 Å². The lowest BCUT2D eigenvalue weighted by molar-refractivity contribution is -0.217. The standard InChI is InChI=1S/C15H29NO3S/c1-20(2,3)14-6-4-13(5-7-14)19-16-10-8-12(9-11-16)15(17)18/h12-14H,4-11H2,1-3H3,(H,17,18)/t13-,14-. The van der Waals surface area contributed by atoms with Gasteiger partial charge in [-0.15, -0.1) is 0 Å². The molecule has 0 amide bonds. The van der Waals surface area contributed by atoms with E-state index in [9.17, 15) is 4.79 Å². The zero-order chi connectivity index (χ0) is 14.8. The Kier molecular flexibility index (Phi) is 5.37. The molecular formula is C15H29NO3S. The molecule has 2 aliphatic rings. The molecule has 20 heavy (non-hydrogen) atoms. The topological polar surface area (TPSA) is 49.8 Å². The van der Waals surface area contributed by atoms with Gasteiger partial charge in [0.25, 0.3) is 0 Å². The molecule has 1 aliphatic carbocycles. The molecule has 1 heterocycles. The van der Waals surface area contributed by atoms with E-state index < -0.39 is 16.0 Å². The predicted octanol–water partition coefficient (Wildman–Crippen LogP) is 2.72. The highest BCUT2D eigenvalue weighted by Crippen LogP contribution is 2.48. The summed E-state index contributed by atoms with van der Waals surface area (Å²) < 4.78 is 0. The summed E-state index contributed by atoms with van der Waals surface area (Å²) in [4.78, 5) is 17.0. The second-order valence-electron chi connectivity index (χ2n) is 6.98. The minimum absolute atomic E-state index is 0.171. The molecule has 1 N–H and O–H groups in total. The number of carboxylic acids is 1. The van der Waals surface area contributed by atoms with E-state index in [4.69, 9.17) is 9.94 Å². The van der Waals surface area contributed by atoms with Crippen LogP contribution in [0.1, 0.15) is 38.5 Å². The number of carboxylic acid groups (broad SMARTS) is 1. The molecule has 5 heteroatoms. The number of hydrogen-bond donors (Lipinski definition) is 1. The van der Waals surface area contributed by atoms with Crippen molar-refractivity contribution >= 4 is 16.0 Å². The normalized spacial score (nSPS) is 31.1. The van der Waals surface area contributed by atoms with Gasteiger partial charge in [0.1, 0.15) is 0 Å². The zero-order valence-corrected chi connectivity index (χ0v) is 13.8. The molecule has 0 bridgehead atoms. The van der Waals surface area contributed by atoms with Crippen LogP contribution in [0, 0.1) is 5.92 Å². The van der Waals surface area contributed by atoms with Gasteiger partial charge in [0.05, 0.1) is 12.0 Å². The Bertz CT molecular complexity index is 327. The first kappa shape index (κ1) is 16.1. The highest BCUT2D eigenvalue weighted by atomic mass is 32.3. The molecule has 0 spiro atoms. The maximum atomic E-state index is 10.9. The molecule has 0 aromatic rings. The second kappa shape index (κ2) is 6.67. The minimum Gasteiger partial charge on any atom is -0.481 e. The number of nitrogens with zero attached hydrogens (tertiary/aromatic N) is 1. The molecule has 1 saturated carbocycles. The average Bonchev–Trinajstić information content (AvgIpc) is 2.39. The minimum atomic E-state index is -0.654. The van der Waals surface area contributed by atoms with Gasteiger partial charge in [0.15, 0.2) is 0 Å². The van der Waals surface area contributed by atoms with E-state index in [0.29, 0.717) is 6.10 Å². The molecule has 0 radical (unpaired) electrons. The van der Waals surface area contributed by atoms with Crippen LogP contribution in [0.3, 0.4) is 0 Å². The average molecular weight is 303 g/mol. The Morgan fingerprint density at radius 3 is 2.05 bits per heavy atom. The van der Waals surface area contributed by atoms with Gasteiger partial charge >= 0.3 is 5.97 Å². The molecule has 0 aromatic carbocycles. The van der Waals surface area contributed by atoms with Crippen molar-refractivity contribution in [3.63, 3.8) is 0 Å². The monoisotopic (exact) mass is 303 g/mol. The van der Waals surface area contributed by atoms with Gasteiger partial charge in [-0.3, -0.25) is 9.63 Å². The van der Waals surface area contributed by atoms with Crippen molar-refractivity contribution in [2.45, 2.75) is 49.9 Å². The van der Waals surface area contributed by atoms with E-state index in [1.165, 1.54) is 12.8 Å². The van der Waals surface area contributed by atoms with Crippen LogP contribution in [0.4, 0.5) is 0 Å². The fraction of sp³-hybridized carbons (Fsp3) is 0.933. The van der Waals surface area contributed by atoms with Crippen LogP contribution in [-0.2, 0) is 9.63 Å². The number of aliphatic carboxylic acids is 1. The summed E-state index contributed by atoms with van der Waals surface area (Å²) in [5, 5.41) is 11.9. The first-order valence-electron chi connectivity index (χ1n) is 7.68. The highest BCUT2D eigenvalue weighted by Gasteiger charge is 2.30. The fourth-order valence-corrected chi connectivity index (χ4v) is 4.95. The van der Waals surface area contributed by atoms with Gasteiger partial charge in [-0.25, -0.2) is 10.0 Å². The summed E-state index contributed by atoms with van der Waals surface area (Å²) in [5.41, 5.74) is 0. The molecule has 1 saturated heterocycles. The number of rotatable bonds is 4. The van der Waals surface area contributed by atoms with Crippen molar-refractivity contribution in [3.8, 4) is 0 Å². The molecule has 2 rings (SSSR count). The number of hydroxylamine groups is 2. The van der Waals surface area contributed by atoms with Crippen molar-refractivity contribution < 1.29 is 14.7 Å². The predicted molar refractivity (Wildman–Crippen MR) is 84.4 cm³/mol. The maximum absolute atomic E-state index is 10.9.